The summed E-state index contributed by atoms with van der Waals surface area (Å²) in [7, 11) is -3.61. The largest absolute Gasteiger partial charge is 0.395 e. The zero-order valence-corrected chi connectivity index (χ0v) is 10.8. The van der Waals surface area contributed by atoms with Gasteiger partial charge in [0.15, 0.2) is 0 Å². The average molecular weight is 271 g/mol. The van der Waals surface area contributed by atoms with Crippen LogP contribution in [0.15, 0.2) is 23.2 Å². The van der Waals surface area contributed by atoms with Crippen LogP contribution < -0.4 is 5.73 Å². The smallest absolute Gasteiger partial charge is 0.245 e. The van der Waals surface area contributed by atoms with Crippen molar-refractivity contribution in [3.63, 3.8) is 0 Å². The van der Waals surface area contributed by atoms with Crippen molar-refractivity contribution in [2.45, 2.75) is 30.3 Å². The third-order valence-corrected chi connectivity index (χ3v) is 5.19. The number of aliphatic hydroxyl groups excluding tert-OH is 1. The van der Waals surface area contributed by atoms with Gasteiger partial charge in [0.05, 0.1) is 12.3 Å². The average Bonchev–Trinajstić information content (AvgIpc) is 2.87. The monoisotopic (exact) mass is 271 g/mol. The second-order valence-corrected chi connectivity index (χ2v) is 6.11. The fourth-order valence-electron chi connectivity index (χ4n) is 2.25. The lowest BCUT2D eigenvalue weighted by Crippen LogP contribution is -2.38. The van der Waals surface area contributed by atoms with Crippen LogP contribution in [0.1, 0.15) is 18.5 Å². The van der Waals surface area contributed by atoms with E-state index in [0.717, 1.165) is 6.42 Å². The Labute approximate surface area is 106 Å². The van der Waals surface area contributed by atoms with Crippen molar-refractivity contribution in [3.05, 3.63) is 24.0 Å². The minimum atomic E-state index is -3.61. The lowest BCUT2D eigenvalue weighted by molar-refractivity contribution is 0.213. The van der Waals surface area contributed by atoms with E-state index in [-0.39, 0.29) is 24.1 Å². The maximum absolute atomic E-state index is 12.5. The first-order valence-electron chi connectivity index (χ1n) is 5.88. The molecule has 1 atom stereocenters. The van der Waals surface area contributed by atoms with Gasteiger partial charge in [-0.2, -0.15) is 4.31 Å². The molecule has 1 aromatic rings. The first kappa shape index (κ1) is 13.4. The molecule has 6 nitrogen and oxygen atoms in total. The molecule has 18 heavy (non-hydrogen) atoms. The van der Waals surface area contributed by atoms with Crippen molar-refractivity contribution >= 4 is 10.0 Å². The Morgan fingerprint density at radius 3 is 3.00 bits per heavy atom. The number of nitrogens with two attached hydrogens (primary N) is 1. The number of hydrogen-bond donors (Lipinski definition) is 2. The number of aromatic nitrogens is 1. The highest BCUT2D eigenvalue weighted by Crippen LogP contribution is 2.26. The number of nitrogens with zero attached hydrogens (tertiary/aromatic N) is 2. The molecule has 0 amide bonds. The molecule has 2 heterocycles. The second-order valence-electron chi connectivity index (χ2n) is 4.25. The minimum absolute atomic E-state index is 0.0764. The van der Waals surface area contributed by atoms with E-state index in [1.54, 1.807) is 6.07 Å². The molecule has 0 aromatic carbocycles. The number of sulfonamides is 1. The normalized spacial score (nSPS) is 21.3. The number of pyridine rings is 1. The molecule has 0 aliphatic carbocycles. The maximum Gasteiger partial charge on any atom is 0.245 e. The standard InChI is InChI=1S/C11H17N3O3S/c12-7-10-11(4-1-5-13-10)18(16,17)14-6-2-3-9(14)8-15/h1,4-5,9,15H,2-3,6-8,12H2. The quantitative estimate of drug-likeness (QED) is 0.782. The highest BCUT2D eigenvalue weighted by atomic mass is 32.2. The second kappa shape index (κ2) is 5.31. The summed E-state index contributed by atoms with van der Waals surface area (Å²) in [5.41, 5.74) is 5.88. The molecular weight excluding hydrogens is 254 g/mol. The Bertz CT molecular complexity index is 518. The molecular formula is C11H17N3O3S. The van der Waals surface area contributed by atoms with Crippen LogP contribution in [-0.4, -0.2) is 42.0 Å². The topological polar surface area (TPSA) is 96.5 Å². The molecule has 2 rings (SSSR count). The molecule has 0 radical (unpaired) electrons. The summed E-state index contributed by atoms with van der Waals surface area (Å²) < 4.78 is 26.4. The SMILES string of the molecule is NCc1ncccc1S(=O)(=O)N1CCCC1CO. The summed E-state index contributed by atoms with van der Waals surface area (Å²) >= 11 is 0. The summed E-state index contributed by atoms with van der Waals surface area (Å²) in [5, 5.41) is 9.23. The first-order valence-corrected chi connectivity index (χ1v) is 7.32. The summed E-state index contributed by atoms with van der Waals surface area (Å²) in [4.78, 5) is 4.14. The predicted octanol–water partition coefficient (Wildman–Crippen LogP) is -0.314. The maximum atomic E-state index is 12.5. The molecule has 1 aliphatic heterocycles. The minimum Gasteiger partial charge on any atom is -0.395 e. The molecule has 7 heteroatoms. The van der Waals surface area contributed by atoms with Gasteiger partial charge in [-0.3, -0.25) is 4.98 Å². The van der Waals surface area contributed by atoms with Gasteiger partial charge >= 0.3 is 0 Å². The Morgan fingerprint density at radius 1 is 1.56 bits per heavy atom. The highest BCUT2D eigenvalue weighted by Gasteiger charge is 2.35. The van der Waals surface area contributed by atoms with Crippen molar-refractivity contribution in [1.82, 2.24) is 9.29 Å². The third-order valence-electron chi connectivity index (χ3n) is 3.16. The number of hydrogen-bond acceptors (Lipinski definition) is 5. The van der Waals surface area contributed by atoms with Crippen LogP contribution >= 0.6 is 0 Å². The van der Waals surface area contributed by atoms with Crippen molar-refractivity contribution in [2.75, 3.05) is 13.2 Å². The van der Waals surface area contributed by atoms with Gasteiger partial charge in [0.1, 0.15) is 4.90 Å². The van der Waals surface area contributed by atoms with Gasteiger partial charge < -0.3 is 10.8 Å². The van der Waals surface area contributed by atoms with E-state index >= 15 is 0 Å². The summed E-state index contributed by atoms with van der Waals surface area (Å²) in [6.45, 7) is 0.358. The van der Waals surface area contributed by atoms with Gasteiger partial charge in [0.25, 0.3) is 0 Å². The predicted molar refractivity (Wildman–Crippen MR) is 66.1 cm³/mol. The van der Waals surface area contributed by atoms with Gasteiger partial charge in [-0.05, 0) is 25.0 Å². The van der Waals surface area contributed by atoms with E-state index in [1.165, 1.54) is 16.6 Å². The fourth-order valence-corrected chi connectivity index (χ4v) is 4.12. The first-order chi connectivity index (χ1) is 8.61. The summed E-state index contributed by atoms with van der Waals surface area (Å²) in [6, 6.07) is 2.76. The van der Waals surface area contributed by atoms with Gasteiger partial charge in [-0.1, -0.05) is 0 Å². The molecule has 1 unspecified atom stereocenters. The molecule has 0 saturated carbocycles. The Morgan fingerprint density at radius 2 is 2.33 bits per heavy atom. The van der Waals surface area contributed by atoms with Crippen molar-refractivity contribution in [3.8, 4) is 0 Å². The lowest BCUT2D eigenvalue weighted by Gasteiger charge is -2.23. The van der Waals surface area contributed by atoms with Crippen molar-refractivity contribution < 1.29 is 13.5 Å². The third kappa shape index (κ3) is 2.26. The van der Waals surface area contributed by atoms with Crippen molar-refractivity contribution in [1.29, 1.82) is 0 Å². The van der Waals surface area contributed by atoms with Crippen LogP contribution in [0.3, 0.4) is 0 Å². The highest BCUT2D eigenvalue weighted by molar-refractivity contribution is 7.89. The molecule has 1 aromatic heterocycles. The molecule has 1 saturated heterocycles. The van der Waals surface area contributed by atoms with Crippen LogP contribution in [0.2, 0.25) is 0 Å². The Hall–Kier alpha value is -1.02. The molecule has 100 valence electrons. The van der Waals surface area contributed by atoms with Crippen molar-refractivity contribution in [2.24, 2.45) is 5.73 Å². The van der Waals surface area contributed by atoms with Gasteiger partial charge in [0.2, 0.25) is 10.0 Å². The zero-order valence-electron chi connectivity index (χ0n) is 9.99. The van der Waals surface area contributed by atoms with E-state index in [9.17, 15) is 13.5 Å². The van der Waals surface area contributed by atoms with Gasteiger partial charge in [-0.25, -0.2) is 8.42 Å². The van der Waals surface area contributed by atoms with Crippen LogP contribution in [0.4, 0.5) is 0 Å². The van der Waals surface area contributed by atoms with Crippen LogP contribution in [0, 0.1) is 0 Å². The van der Waals surface area contributed by atoms with Crippen LogP contribution in [0.5, 0.6) is 0 Å². The van der Waals surface area contributed by atoms with Crippen LogP contribution in [0.25, 0.3) is 0 Å². The van der Waals surface area contributed by atoms with E-state index in [4.69, 9.17) is 5.73 Å². The molecule has 1 fully saturated rings. The lowest BCUT2D eigenvalue weighted by atomic mass is 10.2. The molecule has 0 bridgehead atoms. The molecule has 1 aliphatic rings. The van der Waals surface area contributed by atoms with E-state index < -0.39 is 10.0 Å². The number of aliphatic hydroxyl groups is 1. The molecule has 3 N–H and O–H groups in total. The van der Waals surface area contributed by atoms with Gasteiger partial charge in [-0.15, -0.1) is 0 Å². The van der Waals surface area contributed by atoms with E-state index in [1.807, 2.05) is 0 Å². The molecule has 0 spiro atoms. The summed E-state index contributed by atoms with van der Waals surface area (Å²) in [6.07, 6.45) is 2.98. The summed E-state index contributed by atoms with van der Waals surface area (Å²) in [5.74, 6) is 0. The van der Waals surface area contributed by atoms with Gasteiger partial charge in [0, 0.05) is 25.3 Å². The Balaban J connectivity index is 2.42. The number of rotatable bonds is 4. The fraction of sp³-hybridized carbons (Fsp3) is 0.545. The van der Waals surface area contributed by atoms with Crippen LogP contribution in [-0.2, 0) is 16.6 Å². The van der Waals surface area contributed by atoms with E-state index in [0.29, 0.717) is 18.7 Å². The zero-order chi connectivity index (χ0) is 13.2. The van der Waals surface area contributed by atoms with E-state index in [2.05, 4.69) is 4.98 Å². The Kier molecular flexibility index (Phi) is 3.96.